The van der Waals surface area contributed by atoms with Gasteiger partial charge in [0.25, 0.3) is 0 Å². The number of ether oxygens (including phenoxy) is 2. The third-order valence-electron chi connectivity index (χ3n) is 5.96. The molecule has 0 radical (unpaired) electrons. The van der Waals surface area contributed by atoms with E-state index >= 15 is 0 Å². The molecule has 1 atom stereocenters. The van der Waals surface area contributed by atoms with E-state index in [2.05, 4.69) is 11.0 Å². The molecule has 1 aromatic rings. The minimum absolute atomic E-state index is 0.0224. The van der Waals surface area contributed by atoms with Crippen molar-refractivity contribution in [2.45, 2.75) is 30.7 Å². The normalized spacial score (nSPS) is 20.3. The zero-order valence-corrected chi connectivity index (χ0v) is 21.5. The van der Waals surface area contributed by atoms with Crippen molar-refractivity contribution in [2.75, 3.05) is 65.7 Å². The third kappa shape index (κ3) is 6.82. The first-order valence-corrected chi connectivity index (χ1v) is 13.4. The lowest BCUT2D eigenvalue weighted by Crippen LogP contribution is -2.52. The van der Waals surface area contributed by atoms with Crippen LogP contribution in [-0.4, -0.2) is 100 Å². The number of halogens is 2. The van der Waals surface area contributed by atoms with Crippen LogP contribution in [0.3, 0.4) is 0 Å². The number of piperazine rings is 1. The molecule has 188 valence electrons. The maximum atomic E-state index is 13.4. The van der Waals surface area contributed by atoms with Gasteiger partial charge in [0.2, 0.25) is 15.9 Å². The van der Waals surface area contributed by atoms with Gasteiger partial charge in [0.15, 0.2) is 0 Å². The number of nitrogens with zero attached hydrogens (tertiary/aromatic N) is 4. The second-order valence-electron chi connectivity index (χ2n) is 8.38. The van der Waals surface area contributed by atoms with Gasteiger partial charge in [-0.05, 0) is 37.6 Å². The molecule has 0 aliphatic carbocycles. The van der Waals surface area contributed by atoms with Crippen LogP contribution in [0.5, 0.6) is 0 Å². The Hall–Kier alpha value is -1.45. The Bertz CT molecular complexity index is 986. The van der Waals surface area contributed by atoms with Crippen LogP contribution in [0.1, 0.15) is 18.4 Å². The number of hydrogen-bond acceptors (Lipinski definition) is 7. The van der Waals surface area contributed by atoms with Gasteiger partial charge in [0.1, 0.15) is 11.5 Å². The molecular formula is C22H30Cl2N4O5S. The number of aryl methyl sites for hydroxylation is 1. The van der Waals surface area contributed by atoms with E-state index in [9.17, 15) is 13.2 Å². The predicted octanol–water partition coefficient (Wildman–Crippen LogP) is 2.16. The second kappa shape index (κ2) is 12.5. The molecule has 9 nitrogen and oxygen atoms in total. The van der Waals surface area contributed by atoms with Crippen LogP contribution in [0.25, 0.3) is 0 Å². The highest BCUT2D eigenvalue weighted by atomic mass is 35.5. The zero-order chi connectivity index (χ0) is 24.7. The zero-order valence-electron chi connectivity index (χ0n) is 19.2. The van der Waals surface area contributed by atoms with Crippen LogP contribution in [0, 0.1) is 18.3 Å². The van der Waals surface area contributed by atoms with E-state index < -0.39 is 16.1 Å². The molecule has 2 aliphatic heterocycles. The van der Waals surface area contributed by atoms with Gasteiger partial charge in [-0.3, -0.25) is 9.69 Å². The number of unbranched alkanes of at least 4 members (excludes halogenated alkanes) is 1. The van der Waals surface area contributed by atoms with Crippen molar-refractivity contribution in [3.63, 3.8) is 0 Å². The Morgan fingerprint density at radius 2 is 1.97 bits per heavy atom. The van der Waals surface area contributed by atoms with Gasteiger partial charge in [-0.15, -0.1) is 0 Å². The molecule has 0 bridgehead atoms. The largest absolute Gasteiger partial charge is 0.378 e. The summed E-state index contributed by atoms with van der Waals surface area (Å²) in [7, 11) is -3.91. The minimum atomic E-state index is -3.91. The molecule has 3 rings (SSSR count). The van der Waals surface area contributed by atoms with E-state index in [0.717, 1.165) is 26.1 Å². The fraction of sp³-hybridized carbons (Fsp3) is 0.636. The van der Waals surface area contributed by atoms with Crippen molar-refractivity contribution in [2.24, 2.45) is 0 Å². The summed E-state index contributed by atoms with van der Waals surface area (Å²) in [5.74, 6) is -0.126. The molecule has 2 aliphatic rings. The lowest BCUT2D eigenvalue weighted by atomic mass is 10.2. The molecule has 0 spiro atoms. The molecule has 2 fully saturated rings. The number of benzene rings is 1. The van der Waals surface area contributed by atoms with Crippen molar-refractivity contribution in [1.29, 1.82) is 5.26 Å². The molecule has 0 N–H and O–H groups in total. The molecule has 1 amide bonds. The van der Waals surface area contributed by atoms with Gasteiger partial charge in [0, 0.05) is 44.2 Å². The number of rotatable bonds is 9. The highest BCUT2D eigenvalue weighted by Gasteiger charge is 2.36. The Morgan fingerprint density at radius 1 is 1.24 bits per heavy atom. The van der Waals surface area contributed by atoms with Gasteiger partial charge < -0.3 is 14.4 Å². The fourth-order valence-corrected chi connectivity index (χ4v) is 6.92. The van der Waals surface area contributed by atoms with E-state index in [4.69, 9.17) is 37.9 Å². The van der Waals surface area contributed by atoms with Gasteiger partial charge >= 0.3 is 0 Å². The van der Waals surface area contributed by atoms with Gasteiger partial charge in [-0.25, -0.2) is 8.42 Å². The molecule has 1 aromatic carbocycles. The summed E-state index contributed by atoms with van der Waals surface area (Å²) in [6.07, 6.45) is 1.37. The standard InChI is InChI=1S/C22H30Cl2N4O5S/c1-17-12-18(23)13-20(24)22(17)34(30,31)28-10-11-32-14-19(28)15-33-16-21(29)27-8-6-26(7-9-27)5-3-2-4-25/h12-13,19H,2-3,5-11,14-16H2,1H3/t19-/m0/s1. The number of nitriles is 1. The van der Waals surface area contributed by atoms with E-state index in [1.54, 1.807) is 17.9 Å². The van der Waals surface area contributed by atoms with E-state index in [-0.39, 0.29) is 48.8 Å². The highest BCUT2D eigenvalue weighted by Crippen LogP contribution is 2.32. The predicted molar refractivity (Wildman–Crippen MR) is 128 cm³/mol. The van der Waals surface area contributed by atoms with Crippen LogP contribution < -0.4 is 0 Å². The first kappa shape index (κ1) is 27.1. The summed E-state index contributed by atoms with van der Waals surface area (Å²) in [5.41, 5.74) is 0.464. The van der Waals surface area contributed by atoms with Crippen molar-refractivity contribution in [1.82, 2.24) is 14.1 Å². The van der Waals surface area contributed by atoms with E-state index in [1.165, 1.54) is 10.4 Å². The van der Waals surface area contributed by atoms with Crippen LogP contribution in [-0.2, 0) is 24.3 Å². The van der Waals surface area contributed by atoms with Crippen molar-refractivity contribution < 1.29 is 22.7 Å². The number of hydrogen-bond donors (Lipinski definition) is 0. The van der Waals surface area contributed by atoms with E-state index in [0.29, 0.717) is 30.1 Å². The second-order valence-corrected chi connectivity index (χ2v) is 11.0. The van der Waals surface area contributed by atoms with Crippen molar-refractivity contribution >= 4 is 39.1 Å². The maximum absolute atomic E-state index is 13.4. The monoisotopic (exact) mass is 532 g/mol. The fourth-order valence-electron chi connectivity index (χ4n) is 4.20. The molecular weight excluding hydrogens is 503 g/mol. The molecule has 2 saturated heterocycles. The maximum Gasteiger partial charge on any atom is 0.248 e. The Morgan fingerprint density at radius 3 is 2.65 bits per heavy atom. The molecule has 34 heavy (non-hydrogen) atoms. The lowest BCUT2D eigenvalue weighted by Gasteiger charge is -2.36. The lowest BCUT2D eigenvalue weighted by molar-refractivity contribution is -0.138. The van der Waals surface area contributed by atoms with E-state index in [1.807, 2.05) is 0 Å². The smallest absolute Gasteiger partial charge is 0.248 e. The van der Waals surface area contributed by atoms with Crippen LogP contribution in [0.15, 0.2) is 17.0 Å². The quantitative estimate of drug-likeness (QED) is 0.448. The van der Waals surface area contributed by atoms with Crippen molar-refractivity contribution in [3.8, 4) is 6.07 Å². The van der Waals surface area contributed by atoms with Crippen molar-refractivity contribution in [3.05, 3.63) is 27.7 Å². The Labute approximate surface area is 211 Å². The van der Waals surface area contributed by atoms with Crippen LogP contribution in [0.4, 0.5) is 0 Å². The summed E-state index contributed by atoms with van der Waals surface area (Å²) in [6.45, 7) is 5.75. The first-order chi connectivity index (χ1) is 16.2. The summed E-state index contributed by atoms with van der Waals surface area (Å²) < 4.78 is 39.3. The van der Waals surface area contributed by atoms with Gasteiger partial charge in [-0.2, -0.15) is 9.57 Å². The number of carbonyl (C=O) groups excluding carboxylic acids is 1. The number of amides is 1. The molecule has 0 aromatic heterocycles. The van der Waals surface area contributed by atoms with Crippen LogP contribution >= 0.6 is 23.2 Å². The molecule has 0 saturated carbocycles. The summed E-state index contributed by atoms with van der Waals surface area (Å²) in [6, 6.07) is 4.55. The van der Waals surface area contributed by atoms with Gasteiger partial charge in [0.05, 0.1) is 37.0 Å². The molecule has 12 heteroatoms. The number of carbonyl (C=O) groups is 1. The number of morpholine rings is 1. The Kier molecular flexibility index (Phi) is 9.97. The third-order valence-corrected chi connectivity index (χ3v) is 8.74. The highest BCUT2D eigenvalue weighted by molar-refractivity contribution is 7.89. The summed E-state index contributed by atoms with van der Waals surface area (Å²) in [5, 5.41) is 9.08. The average Bonchev–Trinajstić information content (AvgIpc) is 2.79. The van der Waals surface area contributed by atoms with Gasteiger partial charge in [-0.1, -0.05) is 23.2 Å². The summed E-state index contributed by atoms with van der Waals surface area (Å²) in [4.78, 5) is 16.6. The first-order valence-electron chi connectivity index (χ1n) is 11.2. The minimum Gasteiger partial charge on any atom is -0.378 e. The Balaban J connectivity index is 1.54. The SMILES string of the molecule is Cc1cc(Cl)cc(Cl)c1S(=O)(=O)N1CCOC[C@H]1COCC(=O)N1CCN(CCCC#N)CC1. The molecule has 2 heterocycles. The van der Waals surface area contributed by atoms with Crippen LogP contribution in [0.2, 0.25) is 10.0 Å². The average molecular weight is 533 g/mol. The number of sulfonamides is 1. The topological polar surface area (TPSA) is 103 Å². The summed E-state index contributed by atoms with van der Waals surface area (Å²) >= 11 is 12.2. The molecule has 0 unspecified atom stereocenters.